The summed E-state index contributed by atoms with van der Waals surface area (Å²) in [4.78, 5) is 3.67. The van der Waals surface area contributed by atoms with Crippen molar-refractivity contribution in [2.45, 2.75) is 0 Å². The third kappa shape index (κ3) is 0.682. The second-order valence-electron chi connectivity index (χ2n) is 1.18. The van der Waals surface area contributed by atoms with E-state index in [1.165, 1.54) is 0 Å². The Balaban J connectivity index is 2.79. The molecule has 0 fully saturated rings. The van der Waals surface area contributed by atoms with E-state index < -0.39 is 0 Å². The molecule has 2 nitrogen and oxygen atoms in total. The lowest BCUT2D eigenvalue weighted by Crippen LogP contribution is -1.86. The number of rotatable bonds is 0. The monoisotopic (exact) mass is 94.0 g/mol. The Morgan fingerprint density at radius 3 is 2.86 bits per heavy atom. The number of aliphatic imine (C=N–C) groups is 1. The van der Waals surface area contributed by atoms with E-state index in [4.69, 9.17) is 0 Å². The van der Waals surface area contributed by atoms with Crippen LogP contribution in [0.25, 0.3) is 0 Å². The number of hydrogen-bond donors (Lipinski definition) is 0. The molecule has 1 rings (SSSR count). The van der Waals surface area contributed by atoms with Gasteiger partial charge in [-0.15, -0.1) is 6.26 Å². The van der Waals surface area contributed by atoms with Crippen molar-refractivity contribution in [3.8, 4) is 0 Å². The minimum atomic E-state index is 0.500. The molecule has 0 N–H and O–H groups in total. The molecule has 0 bridgehead atoms. The van der Waals surface area contributed by atoms with Crippen molar-refractivity contribution in [2.75, 3.05) is 0 Å². The maximum atomic E-state index is 9.81. The predicted octanol–water partition coefficient (Wildman–Crippen LogP) is -0.171. The first kappa shape index (κ1) is 4.12. The second kappa shape index (κ2) is 1.60. The molecule has 1 aliphatic rings. The van der Waals surface area contributed by atoms with Gasteiger partial charge in [0.25, 0.3) is 0 Å². The highest BCUT2D eigenvalue weighted by atomic mass is 16.2. The van der Waals surface area contributed by atoms with Crippen LogP contribution in [-0.2, 0) is 0 Å². The van der Waals surface area contributed by atoms with Crippen LogP contribution in [0.1, 0.15) is 0 Å². The lowest BCUT2D eigenvalue weighted by Gasteiger charge is -1.88. The van der Waals surface area contributed by atoms with Crippen LogP contribution in [0.4, 0.5) is 0 Å². The lowest BCUT2D eigenvalue weighted by atomic mass is 10.5. The topological polar surface area (TPSA) is 35.4 Å². The fourth-order valence-electron chi connectivity index (χ4n) is 0.383. The van der Waals surface area contributed by atoms with Crippen LogP contribution < -0.4 is 5.11 Å². The van der Waals surface area contributed by atoms with Gasteiger partial charge in [0, 0.05) is 11.9 Å². The highest BCUT2D eigenvalue weighted by Crippen LogP contribution is 1.99. The Morgan fingerprint density at radius 2 is 2.57 bits per heavy atom. The van der Waals surface area contributed by atoms with Gasteiger partial charge in [0.05, 0.1) is 0 Å². The minimum absolute atomic E-state index is 0.500. The summed E-state index contributed by atoms with van der Waals surface area (Å²) in [5, 5.41) is 9.81. The summed E-state index contributed by atoms with van der Waals surface area (Å²) in [6.07, 6.45) is 5.69. The zero-order valence-corrected chi connectivity index (χ0v) is 3.66. The SMILES string of the molecule is [O-]/C=C1\C=CC=N1. The summed E-state index contributed by atoms with van der Waals surface area (Å²) in [7, 11) is 0. The minimum Gasteiger partial charge on any atom is -0.876 e. The van der Waals surface area contributed by atoms with E-state index in [-0.39, 0.29) is 0 Å². The maximum Gasteiger partial charge on any atom is 0.0478 e. The van der Waals surface area contributed by atoms with Crippen LogP contribution in [0.2, 0.25) is 0 Å². The molecule has 0 aromatic rings. The Morgan fingerprint density at radius 1 is 1.71 bits per heavy atom. The quantitative estimate of drug-likeness (QED) is 0.384. The average Bonchev–Trinajstić information content (AvgIpc) is 2.14. The smallest absolute Gasteiger partial charge is 0.0478 e. The number of hydrogen-bond acceptors (Lipinski definition) is 2. The van der Waals surface area contributed by atoms with Crippen LogP contribution in [-0.4, -0.2) is 6.21 Å². The van der Waals surface area contributed by atoms with Gasteiger partial charge in [-0.1, -0.05) is 0 Å². The van der Waals surface area contributed by atoms with Crippen molar-refractivity contribution < 1.29 is 5.11 Å². The van der Waals surface area contributed by atoms with E-state index in [2.05, 4.69) is 4.99 Å². The van der Waals surface area contributed by atoms with Crippen molar-refractivity contribution in [1.29, 1.82) is 0 Å². The molecule has 0 aliphatic carbocycles. The number of nitrogens with zero attached hydrogens (tertiary/aromatic N) is 1. The first-order chi connectivity index (χ1) is 3.43. The third-order valence-corrected chi connectivity index (χ3v) is 0.697. The molecule has 0 radical (unpaired) electrons. The summed E-state index contributed by atoms with van der Waals surface area (Å²) in [6, 6.07) is 0. The van der Waals surface area contributed by atoms with Gasteiger partial charge < -0.3 is 5.11 Å². The van der Waals surface area contributed by atoms with Crippen molar-refractivity contribution in [2.24, 2.45) is 4.99 Å². The van der Waals surface area contributed by atoms with Gasteiger partial charge in [-0.2, -0.15) is 0 Å². The normalized spacial score (nSPS) is 22.0. The van der Waals surface area contributed by atoms with E-state index >= 15 is 0 Å². The lowest BCUT2D eigenvalue weighted by molar-refractivity contribution is -0.275. The van der Waals surface area contributed by atoms with Crippen LogP contribution in [0.3, 0.4) is 0 Å². The van der Waals surface area contributed by atoms with Gasteiger partial charge in [-0.25, -0.2) is 0 Å². The van der Waals surface area contributed by atoms with Gasteiger partial charge in [0.1, 0.15) is 0 Å². The molecule has 0 atom stereocenters. The van der Waals surface area contributed by atoms with E-state index in [1.54, 1.807) is 18.4 Å². The molecule has 0 saturated carbocycles. The molecule has 0 aromatic heterocycles. The molecule has 1 aliphatic heterocycles. The number of allylic oxidation sites excluding steroid dienone is 2. The van der Waals surface area contributed by atoms with E-state index in [0.717, 1.165) is 6.26 Å². The molecule has 0 spiro atoms. The van der Waals surface area contributed by atoms with Crippen LogP contribution in [0.5, 0.6) is 0 Å². The molecule has 0 saturated heterocycles. The fourth-order valence-corrected chi connectivity index (χ4v) is 0.383. The molecular formula is C5H4NO-. The highest BCUT2D eigenvalue weighted by molar-refractivity contribution is 5.76. The van der Waals surface area contributed by atoms with Crippen molar-refractivity contribution in [1.82, 2.24) is 0 Å². The van der Waals surface area contributed by atoms with Gasteiger partial charge in [-0.3, -0.25) is 4.99 Å². The van der Waals surface area contributed by atoms with E-state index in [1.807, 2.05) is 0 Å². The Labute approximate surface area is 41.5 Å². The van der Waals surface area contributed by atoms with Gasteiger partial charge >= 0.3 is 0 Å². The van der Waals surface area contributed by atoms with Crippen molar-refractivity contribution in [3.63, 3.8) is 0 Å². The summed E-state index contributed by atoms with van der Waals surface area (Å²) < 4.78 is 0. The third-order valence-electron chi connectivity index (χ3n) is 0.697. The zero-order valence-electron chi connectivity index (χ0n) is 3.66. The molecule has 0 unspecified atom stereocenters. The highest BCUT2D eigenvalue weighted by Gasteiger charge is 1.83. The molecular weight excluding hydrogens is 90.1 g/mol. The average molecular weight is 94.1 g/mol. The standard InChI is InChI=1S/C5H5NO/c7-4-5-2-1-3-6-5/h1-4,7H/p-1/b5-4+. The van der Waals surface area contributed by atoms with Gasteiger partial charge in [0.15, 0.2) is 0 Å². The summed E-state index contributed by atoms with van der Waals surface area (Å²) in [5.41, 5.74) is 0.500. The summed E-state index contributed by atoms with van der Waals surface area (Å²) >= 11 is 0. The molecule has 1 heterocycles. The summed E-state index contributed by atoms with van der Waals surface area (Å²) in [5.74, 6) is 0. The van der Waals surface area contributed by atoms with E-state index in [0.29, 0.717) is 5.70 Å². The van der Waals surface area contributed by atoms with Crippen molar-refractivity contribution >= 4 is 6.21 Å². The first-order valence-electron chi connectivity index (χ1n) is 1.96. The summed E-state index contributed by atoms with van der Waals surface area (Å²) in [6.45, 7) is 0. The first-order valence-corrected chi connectivity index (χ1v) is 1.96. The predicted molar refractivity (Wildman–Crippen MR) is 25.7 cm³/mol. The molecule has 36 valence electrons. The zero-order chi connectivity index (χ0) is 5.11. The fraction of sp³-hybridized carbons (Fsp3) is 0. The Hall–Kier alpha value is -1.05. The Kier molecular flexibility index (Phi) is 0.941. The second-order valence-corrected chi connectivity index (χ2v) is 1.18. The van der Waals surface area contributed by atoms with Gasteiger partial charge in [0.2, 0.25) is 0 Å². The Bertz CT molecular complexity index is 130. The molecule has 0 amide bonds. The van der Waals surface area contributed by atoms with Crippen molar-refractivity contribution in [3.05, 3.63) is 24.1 Å². The van der Waals surface area contributed by atoms with Gasteiger partial charge in [-0.05, 0) is 12.2 Å². The molecule has 0 aromatic carbocycles. The van der Waals surface area contributed by atoms with Crippen LogP contribution >= 0.6 is 0 Å². The van der Waals surface area contributed by atoms with E-state index in [9.17, 15) is 5.11 Å². The molecule has 2 heteroatoms. The van der Waals surface area contributed by atoms with Crippen LogP contribution in [0.15, 0.2) is 29.1 Å². The van der Waals surface area contributed by atoms with Crippen LogP contribution in [0, 0.1) is 0 Å². The largest absolute Gasteiger partial charge is 0.876 e. The molecule has 7 heavy (non-hydrogen) atoms. The maximum absolute atomic E-state index is 9.81.